The van der Waals surface area contributed by atoms with Crippen molar-refractivity contribution in [1.82, 2.24) is 9.62 Å². The standard InChI is InChI=1S/C16H25FN2O3S/c1-13(20)10-18-23(21,22)12-15-6-8-19(9-7-15)11-14-2-4-16(17)5-3-14/h2-5,13,15,18,20H,6-12H2,1H3. The summed E-state index contributed by atoms with van der Waals surface area (Å²) in [6.07, 6.45) is 0.982. The number of aliphatic hydroxyl groups is 1. The Morgan fingerprint density at radius 1 is 1.30 bits per heavy atom. The van der Waals surface area contributed by atoms with Gasteiger partial charge < -0.3 is 5.11 Å². The summed E-state index contributed by atoms with van der Waals surface area (Å²) in [5.41, 5.74) is 1.07. The highest BCUT2D eigenvalue weighted by Gasteiger charge is 2.24. The first-order valence-electron chi connectivity index (χ1n) is 7.96. The minimum Gasteiger partial charge on any atom is -0.392 e. The van der Waals surface area contributed by atoms with E-state index in [-0.39, 0.29) is 24.0 Å². The Kier molecular flexibility index (Phi) is 6.52. The Labute approximate surface area is 137 Å². The molecule has 0 spiro atoms. The second-order valence-corrected chi connectivity index (χ2v) is 8.18. The van der Waals surface area contributed by atoms with Crippen molar-refractivity contribution in [3.8, 4) is 0 Å². The fourth-order valence-corrected chi connectivity index (χ4v) is 4.34. The molecular formula is C16H25FN2O3S. The van der Waals surface area contributed by atoms with E-state index >= 15 is 0 Å². The van der Waals surface area contributed by atoms with Crippen LogP contribution in [0.2, 0.25) is 0 Å². The van der Waals surface area contributed by atoms with Gasteiger partial charge in [0.2, 0.25) is 10.0 Å². The lowest BCUT2D eigenvalue weighted by molar-refractivity contribution is 0.185. The molecule has 2 rings (SSSR count). The molecule has 1 unspecified atom stereocenters. The normalized spacial score (nSPS) is 18.9. The van der Waals surface area contributed by atoms with Gasteiger partial charge in [-0.15, -0.1) is 0 Å². The van der Waals surface area contributed by atoms with Gasteiger partial charge in [0, 0.05) is 13.1 Å². The van der Waals surface area contributed by atoms with Gasteiger partial charge in [-0.1, -0.05) is 12.1 Å². The van der Waals surface area contributed by atoms with Crippen LogP contribution in [0.15, 0.2) is 24.3 Å². The number of nitrogens with zero attached hydrogens (tertiary/aromatic N) is 1. The fraction of sp³-hybridized carbons (Fsp3) is 0.625. The highest BCUT2D eigenvalue weighted by Crippen LogP contribution is 2.20. The van der Waals surface area contributed by atoms with Crippen LogP contribution in [0.3, 0.4) is 0 Å². The Balaban J connectivity index is 1.76. The van der Waals surface area contributed by atoms with E-state index in [1.807, 2.05) is 0 Å². The molecule has 1 fully saturated rings. The molecule has 7 heteroatoms. The van der Waals surface area contributed by atoms with Crippen LogP contribution in [-0.4, -0.2) is 49.9 Å². The molecule has 0 saturated carbocycles. The van der Waals surface area contributed by atoms with Gasteiger partial charge in [0.15, 0.2) is 0 Å². The molecular weight excluding hydrogens is 319 g/mol. The number of piperidine rings is 1. The minimum atomic E-state index is -3.33. The van der Waals surface area contributed by atoms with Gasteiger partial charge in [0.05, 0.1) is 11.9 Å². The van der Waals surface area contributed by atoms with Gasteiger partial charge in [-0.05, 0) is 56.5 Å². The van der Waals surface area contributed by atoms with Gasteiger partial charge in [0.1, 0.15) is 5.82 Å². The lowest BCUT2D eigenvalue weighted by Gasteiger charge is -2.31. The number of likely N-dealkylation sites (tertiary alicyclic amines) is 1. The predicted molar refractivity (Wildman–Crippen MR) is 87.9 cm³/mol. The molecule has 23 heavy (non-hydrogen) atoms. The molecule has 1 aliphatic heterocycles. The fourth-order valence-electron chi connectivity index (χ4n) is 2.78. The third-order valence-corrected chi connectivity index (χ3v) is 5.60. The summed E-state index contributed by atoms with van der Waals surface area (Å²) in [6, 6.07) is 6.49. The summed E-state index contributed by atoms with van der Waals surface area (Å²) < 4.78 is 39.2. The largest absolute Gasteiger partial charge is 0.392 e. The summed E-state index contributed by atoms with van der Waals surface area (Å²) in [5.74, 6) is 0.0257. The first-order chi connectivity index (χ1) is 10.8. The Morgan fingerprint density at radius 2 is 1.91 bits per heavy atom. The highest BCUT2D eigenvalue weighted by atomic mass is 32.2. The van der Waals surface area contributed by atoms with Crippen molar-refractivity contribution in [2.75, 3.05) is 25.4 Å². The number of benzene rings is 1. The quantitative estimate of drug-likeness (QED) is 0.783. The monoisotopic (exact) mass is 344 g/mol. The summed E-state index contributed by atoms with van der Waals surface area (Å²) >= 11 is 0. The van der Waals surface area contributed by atoms with Gasteiger partial charge in [-0.3, -0.25) is 4.90 Å². The smallest absolute Gasteiger partial charge is 0.211 e. The number of halogens is 1. The van der Waals surface area contributed by atoms with Crippen LogP contribution in [0.4, 0.5) is 4.39 Å². The number of hydrogen-bond acceptors (Lipinski definition) is 4. The Morgan fingerprint density at radius 3 is 2.48 bits per heavy atom. The first-order valence-corrected chi connectivity index (χ1v) is 9.61. The van der Waals surface area contributed by atoms with Crippen LogP contribution in [-0.2, 0) is 16.6 Å². The van der Waals surface area contributed by atoms with E-state index in [2.05, 4.69) is 9.62 Å². The van der Waals surface area contributed by atoms with E-state index in [0.717, 1.165) is 38.0 Å². The molecule has 1 aromatic rings. The number of rotatable bonds is 7. The van der Waals surface area contributed by atoms with Crippen molar-refractivity contribution < 1.29 is 17.9 Å². The molecule has 1 heterocycles. The van der Waals surface area contributed by atoms with Crippen LogP contribution in [0.5, 0.6) is 0 Å². The van der Waals surface area contributed by atoms with E-state index in [1.165, 1.54) is 12.1 Å². The number of aliphatic hydroxyl groups excluding tert-OH is 1. The lowest BCUT2D eigenvalue weighted by atomic mass is 9.98. The zero-order valence-corrected chi connectivity index (χ0v) is 14.2. The maximum absolute atomic E-state index is 12.9. The average molecular weight is 344 g/mol. The predicted octanol–water partition coefficient (Wildman–Crippen LogP) is 1.34. The summed E-state index contributed by atoms with van der Waals surface area (Å²) in [4.78, 5) is 2.26. The van der Waals surface area contributed by atoms with Crippen molar-refractivity contribution in [3.05, 3.63) is 35.6 Å². The second-order valence-electron chi connectivity index (χ2n) is 6.32. The number of sulfonamides is 1. The molecule has 5 nitrogen and oxygen atoms in total. The van der Waals surface area contributed by atoms with Crippen LogP contribution in [0.1, 0.15) is 25.3 Å². The molecule has 130 valence electrons. The number of hydrogen-bond donors (Lipinski definition) is 2. The molecule has 0 aliphatic carbocycles. The van der Waals surface area contributed by atoms with Crippen molar-refractivity contribution >= 4 is 10.0 Å². The lowest BCUT2D eigenvalue weighted by Crippen LogP contribution is -2.39. The van der Waals surface area contributed by atoms with Crippen LogP contribution < -0.4 is 4.72 Å². The molecule has 0 aromatic heterocycles. The summed E-state index contributed by atoms with van der Waals surface area (Å²) in [5, 5.41) is 9.16. The zero-order valence-electron chi connectivity index (χ0n) is 13.4. The highest BCUT2D eigenvalue weighted by molar-refractivity contribution is 7.89. The number of nitrogens with one attached hydrogen (secondary N) is 1. The van der Waals surface area contributed by atoms with Crippen molar-refractivity contribution in [1.29, 1.82) is 0 Å². The van der Waals surface area contributed by atoms with E-state index in [1.54, 1.807) is 19.1 Å². The van der Waals surface area contributed by atoms with E-state index in [9.17, 15) is 12.8 Å². The van der Waals surface area contributed by atoms with E-state index < -0.39 is 16.1 Å². The van der Waals surface area contributed by atoms with Gasteiger partial charge in [-0.2, -0.15) is 0 Å². The first kappa shape index (κ1) is 18.3. The molecule has 1 aromatic carbocycles. The maximum Gasteiger partial charge on any atom is 0.211 e. The molecule has 2 N–H and O–H groups in total. The van der Waals surface area contributed by atoms with Crippen molar-refractivity contribution in [2.24, 2.45) is 5.92 Å². The molecule has 1 atom stereocenters. The average Bonchev–Trinajstić information content (AvgIpc) is 2.49. The van der Waals surface area contributed by atoms with Crippen LogP contribution >= 0.6 is 0 Å². The second kappa shape index (κ2) is 8.19. The zero-order chi connectivity index (χ0) is 16.9. The van der Waals surface area contributed by atoms with Gasteiger partial charge >= 0.3 is 0 Å². The summed E-state index contributed by atoms with van der Waals surface area (Å²) in [6.45, 7) is 4.06. The van der Waals surface area contributed by atoms with E-state index in [4.69, 9.17) is 5.11 Å². The van der Waals surface area contributed by atoms with Gasteiger partial charge in [-0.25, -0.2) is 17.5 Å². The van der Waals surface area contributed by atoms with Gasteiger partial charge in [0.25, 0.3) is 0 Å². The van der Waals surface area contributed by atoms with E-state index in [0.29, 0.717) is 0 Å². The summed E-state index contributed by atoms with van der Waals surface area (Å²) in [7, 11) is -3.33. The Hall–Kier alpha value is -1.02. The van der Waals surface area contributed by atoms with Crippen molar-refractivity contribution in [2.45, 2.75) is 32.4 Å². The topological polar surface area (TPSA) is 69.6 Å². The van der Waals surface area contributed by atoms with Crippen LogP contribution in [0.25, 0.3) is 0 Å². The molecule has 0 radical (unpaired) electrons. The van der Waals surface area contributed by atoms with Crippen LogP contribution in [0, 0.1) is 11.7 Å². The SMILES string of the molecule is CC(O)CNS(=O)(=O)CC1CCN(Cc2ccc(F)cc2)CC1. The van der Waals surface area contributed by atoms with Crippen molar-refractivity contribution in [3.63, 3.8) is 0 Å². The molecule has 1 saturated heterocycles. The molecule has 0 bridgehead atoms. The maximum atomic E-state index is 12.9. The molecule has 1 aliphatic rings. The molecule has 0 amide bonds. The third-order valence-electron chi connectivity index (χ3n) is 4.08. The third kappa shape index (κ3) is 6.55. The minimum absolute atomic E-state index is 0.0613. The Bertz CT molecular complexity index is 582.